The lowest BCUT2D eigenvalue weighted by molar-refractivity contribution is -0.137. The highest BCUT2D eigenvalue weighted by Gasteiger charge is 2.52. The number of benzene rings is 4. The Kier molecular flexibility index (Phi) is 6.07. The summed E-state index contributed by atoms with van der Waals surface area (Å²) in [5.74, 6) is -11.2. The Morgan fingerprint density at radius 2 is 1.36 bits per heavy atom. The van der Waals surface area contributed by atoms with E-state index in [1.807, 2.05) is 30.4 Å². The Hall–Kier alpha value is -4.40. The maximum Gasteiger partial charge on any atom is 0.418 e. The van der Waals surface area contributed by atoms with Crippen molar-refractivity contribution in [3.8, 4) is 16.8 Å². The SMILES string of the molecule is Cc1cc(-c2c(F)c(F)c(F)c(F)c2F)cc(C(F)(F)F)c1-n1c2ccccc2c2cc3c(cc21)C(C)(C)C1C=CC=CC31C. The van der Waals surface area contributed by atoms with Crippen LogP contribution in [0.5, 0.6) is 0 Å². The molecular formula is C36H25F8N. The van der Waals surface area contributed by atoms with Crippen molar-refractivity contribution in [1.29, 1.82) is 0 Å². The van der Waals surface area contributed by atoms with Crippen LogP contribution in [0, 0.1) is 41.9 Å². The van der Waals surface area contributed by atoms with Gasteiger partial charge in [-0.2, -0.15) is 13.2 Å². The number of nitrogens with zero attached hydrogens (tertiary/aromatic N) is 1. The second-order valence-electron chi connectivity index (χ2n) is 12.6. The van der Waals surface area contributed by atoms with Gasteiger partial charge in [-0.25, -0.2) is 22.0 Å². The first-order valence-electron chi connectivity index (χ1n) is 14.3. The second kappa shape index (κ2) is 9.31. The number of hydrogen-bond donors (Lipinski definition) is 0. The van der Waals surface area contributed by atoms with Crippen LogP contribution in [0.1, 0.15) is 43.0 Å². The van der Waals surface area contributed by atoms with Gasteiger partial charge in [0.1, 0.15) is 0 Å². The lowest BCUT2D eigenvalue weighted by Gasteiger charge is -2.36. The van der Waals surface area contributed by atoms with Gasteiger partial charge in [-0.3, -0.25) is 0 Å². The van der Waals surface area contributed by atoms with Gasteiger partial charge in [0.05, 0.1) is 27.8 Å². The Balaban J connectivity index is 1.58. The fourth-order valence-corrected chi connectivity index (χ4v) is 7.68. The number of allylic oxidation sites excluding steroid dienone is 4. The summed E-state index contributed by atoms with van der Waals surface area (Å²) < 4.78 is 118. The van der Waals surface area contributed by atoms with Crippen molar-refractivity contribution in [1.82, 2.24) is 4.57 Å². The quantitative estimate of drug-likeness (QED) is 0.105. The van der Waals surface area contributed by atoms with Crippen molar-refractivity contribution in [2.75, 3.05) is 0 Å². The lowest BCUT2D eigenvalue weighted by atomic mass is 9.67. The molecule has 0 aliphatic heterocycles. The van der Waals surface area contributed by atoms with Gasteiger partial charge in [0.15, 0.2) is 23.3 Å². The Labute approximate surface area is 253 Å². The highest BCUT2D eigenvalue weighted by Crippen LogP contribution is 2.58. The smallest absolute Gasteiger partial charge is 0.308 e. The molecular weight excluding hydrogens is 598 g/mol. The molecule has 230 valence electrons. The minimum atomic E-state index is -5.06. The molecule has 4 aromatic carbocycles. The van der Waals surface area contributed by atoms with E-state index in [0.717, 1.165) is 22.6 Å². The predicted octanol–water partition coefficient (Wildman–Crippen LogP) is 10.8. The summed E-state index contributed by atoms with van der Waals surface area (Å²) in [6, 6.07) is 12.4. The van der Waals surface area contributed by atoms with Gasteiger partial charge in [0.2, 0.25) is 5.82 Å². The molecule has 0 saturated carbocycles. The number of hydrogen-bond acceptors (Lipinski definition) is 0. The highest BCUT2D eigenvalue weighted by atomic mass is 19.4. The first kappa shape index (κ1) is 29.3. The van der Waals surface area contributed by atoms with Crippen LogP contribution in [0.2, 0.25) is 0 Å². The Bertz CT molecular complexity index is 2140. The first-order valence-corrected chi connectivity index (χ1v) is 14.3. The lowest BCUT2D eigenvalue weighted by Crippen LogP contribution is -2.34. The van der Waals surface area contributed by atoms with Gasteiger partial charge in [0.25, 0.3) is 0 Å². The number of aromatic nitrogens is 1. The molecule has 0 spiro atoms. The molecule has 5 aromatic rings. The second-order valence-corrected chi connectivity index (χ2v) is 12.6. The number of halogens is 8. The molecule has 0 bridgehead atoms. The molecule has 1 nitrogen and oxygen atoms in total. The summed E-state index contributed by atoms with van der Waals surface area (Å²) in [5.41, 5.74) is -1.57. The fourth-order valence-electron chi connectivity index (χ4n) is 7.68. The predicted molar refractivity (Wildman–Crippen MR) is 158 cm³/mol. The van der Waals surface area contributed by atoms with Gasteiger partial charge in [0, 0.05) is 16.2 Å². The first-order chi connectivity index (χ1) is 21.1. The molecule has 45 heavy (non-hydrogen) atoms. The van der Waals surface area contributed by atoms with Crippen LogP contribution in [-0.2, 0) is 17.0 Å². The molecule has 1 aromatic heterocycles. The van der Waals surface area contributed by atoms with Crippen LogP contribution in [0.15, 0.2) is 72.8 Å². The van der Waals surface area contributed by atoms with Crippen molar-refractivity contribution >= 4 is 21.8 Å². The monoisotopic (exact) mass is 623 g/mol. The number of para-hydroxylation sites is 1. The van der Waals surface area contributed by atoms with E-state index in [-0.39, 0.29) is 28.0 Å². The van der Waals surface area contributed by atoms with Gasteiger partial charge >= 0.3 is 6.18 Å². The van der Waals surface area contributed by atoms with Gasteiger partial charge in [-0.1, -0.05) is 63.3 Å². The van der Waals surface area contributed by atoms with E-state index in [2.05, 4.69) is 32.9 Å². The molecule has 2 unspecified atom stereocenters. The third-order valence-electron chi connectivity index (χ3n) is 9.70. The summed E-state index contributed by atoms with van der Waals surface area (Å²) in [4.78, 5) is 0. The van der Waals surface area contributed by atoms with E-state index >= 15 is 0 Å². The van der Waals surface area contributed by atoms with Crippen molar-refractivity contribution in [2.24, 2.45) is 5.92 Å². The van der Waals surface area contributed by atoms with Crippen LogP contribution in [0.25, 0.3) is 38.6 Å². The zero-order valence-corrected chi connectivity index (χ0v) is 24.5. The van der Waals surface area contributed by atoms with Crippen LogP contribution in [-0.4, -0.2) is 4.57 Å². The van der Waals surface area contributed by atoms with Crippen molar-refractivity contribution in [3.05, 3.63) is 124 Å². The van der Waals surface area contributed by atoms with Gasteiger partial charge in [-0.15, -0.1) is 0 Å². The molecule has 7 rings (SSSR count). The average molecular weight is 624 g/mol. The number of fused-ring (bicyclic) bond motifs is 6. The molecule has 2 aliphatic carbocycles. The summed E-state index contributed by atoms with van der Waals surface area (Å²) in [7, 11) is 0. The number of aryl methyl sites for hydroxylation is 1. The third kappa shape index (κ3) is 3.85. The van der Waals surface area contributed by atoms with E-state index in [0.29, 0.717) is 22.5 Å². The minimum Gasteiger partial charge on any atom is -0.308 e. The molecule has 0 radical (unpaired) electrons. The Morgan fingerprint density at radius 1 is 0.711 bits per heavy atom. The van der Waals surface area contributed by atoms with E-state index in [1.54, 1.807) is 18.2 Å². The largest absolute Gasteiger partial charge is 0.418 e. The third-order valence-corrected chi connectivity index (χ3v) is 9.70. The maximum absolute atomic E-state index is 14.9. The summed E-state index contributed by atoms with van der Waals surface area (Å²) in [5, 5.41) is 1.42. The zero-order chi connectivity index (χ0) is 32.4. The summed E-state index contributed by atoms with van der Waals surface area (Å²) >= 11 is 0. The molecule has 2 atom stereocenters. The highest BCUT2D eigenvalue weighted by molar-refractivity contribution is 6.10. The van der Waals surface area contributed by atoms with E-state index in [4.69, 9.17) is 0 Å². The molecule has 0 N–H and O–H groups in total. The van der Waals surface area contributed by atoms with Crippen LogP contribution < -0.4 is 0 Å². The van der Waals surface area contributed by atoms with Crippen LogP contribution in [0.4, 0.5) is 35.1 Å². The zero-order valence-electron chi connectivity index (χ0n) is 24.5. The topological polar surface area (TPSA) is 4.93 Å². The number of rotatable bonds is 2. The van der Waals surface area contributed by atoms with Crippen LogP contribution >= 0.6 is 0 Å². The number of alkyl halides is 3. The molecule has 0 saturated heterocycles. The van der Waals surface area contributed by atoms with Crippen LogP contribution in [0.3, 0.4) is 0 Å². The van der Waals surface area contributed by atoms with Crippen molar-refractivity contribution in [2.45, 2.75) is 44.7 Å². The molecule has 2 aliphatic rings. The average Bonchev–Trinajstić information content (AvgIpc) is 3.39. The summed E-state index contributed by atoms with van der Waals surface area (Å²) in [6.45, 7) is 7.69. The van der Waals surface area contributed by atoms with Gasteiger partial charge in [-0.05, 0) is 70.8 Å². The normalized spacial score (nSPS) is 20.3. The van der Waals surface area contributed by atoms with Crippen molar-refractivity contribution < 1.29 is 35.1 Å². The Morgan fingerprint density at radius 3 is 2.02 bits per heavy atom. The van der Waals surface area contributed by atoms with E-state index in [1.165, 1.54) is 11.5 Å². The molecule has 0 amide bonds. The van der Waals surface area contributed by atoms with E-state index < -0.39 is 52.0 Å². The minimum absolute atomic E-state index is 0.0716. The molecule has 0 fully saturated rings. The standard InChI is InChI=1S/C36H25F8N/c1-17-13-18(27-28(37)30(39)32(41)31(40)29(27)38)14-23(36(42,43)44)33(17)45-24-10-6-5-9-19(24)20-15-22-21(16-25(20)45)34(2,3)26-11-7-8-12-35(22,26)4/h5-16,26H,1-4H3. The maximum atomic E-state index is 14.9. The summed E-state index contributed by atoms with van der Waals surface area (Å²) in [6.07, 6.45) is 3.24. The fraction of sp³-hybridized carbons (Fsp3) is 0.222. The molecule has 1 heterocycles. The van der Waals surface area contributed by atoms with Crippen molar-refractivity contribution in [3.63, 3.8) is 0 Å². The van der Waals surface area contributed by atoms with Gasteiger partial charge < -0.3 is 4.57 Å². The van der Waals surface area contributed by atoms with E-state index in [9.17, 15) is 35.1 Å². The molecule has 9 heteroatoms.